The second-order valence-corrected chi connectivity index (χ2v) is 10.7. The van der Waals surface area contributed by atoms with Crippen LogP contribution in [0.2, 0.25) is 0 Å². The molecule has 2 heterocycles. The van der Waals surface area contributed by atoms with Gasteiger partial charge in [0.25, 0.3) is 6.01 Å². The number of ether oxygens (including phenoxy) is 1. The number of anilines is 2. The fraction of sp³-hybridized carbons (Fsp3) is 0.483. The number of aromatic nitrogens is 1. The van der Waals surface area contributed by atoms with E-state index < -0.39 is 17.6 Å². The van der Waals surface area contributed by atoms with Gasteiger partial charge >= 0.3 is 5.97 Å². The fourth-order valence-electron chi connectivity index (χ4n) is 5.70. The van der Waals surface area contributed by atoms with E-state index in [-0.39, 0.29) is 53.6 Å². The Morgan fingerprint density at radius 1 is 1.13 bits per heavy atom. The number of hydrogen-bond donors (Lipinski definition) is 2. The zero-order valence-corrected chi connectivity index (χ0v) is 22.1. The second-order valence-electron chi connectivity index (χ2n) is 10.7. The molecule has 0 spiro atoms. The summed E-state index contributed by atoms with van der Waals surface area (Å²) in [5.74, 6) is -2.30. The van der Waals surface area contributed by atoms with Gasteiger partial charge in [0, 0.05) is 17.3 Å². The highest BCUT2D eigenvalue weighted by atomic mass is 19.1. The van der Waals surface area contributed by atoms with Crippen molar-refractivity contribution >= 4 is 34.7 Å². The third-order valence-corrected chi connectivity index (χ3v) is 7.98. The zero-order chi connectivity index (χ0) is 27.7. The van der Waals surface area contributed by atoms with Crippen LogP contribution >= 0.6 is 0 Å². The molecule has 2 aromatic carbocycles. The Hall–Kier alpha value is -3.53. The summed E-state index contributed by atoms with van der Waals surface area (Å²) in [6.45, 7) is 4.17. The highest BCUT2D eigenvalue weighted by Crippen LogP contribution is 2.31. The molecule has 1 amide bonds. The first kappa shape index (κ1) is 27.1. The predicted molar refractivity (Wildman–Crippen MR) is 141 cm³/mol. The minimum Gasteiger partial charge on any atom is -0.481 e. The number of carboxylic acid groups (broad SMARTS) is 1. The molecule has 1 aliphatic heterocycles. The molecule has 39 heavy (non-hydrogen) atoms. The van der Waals surface area contributed by atoms with Crippen LogP contribution in [0, 0.1) is 24.5 Å². The number of nitrogens with one attached hydrogen (secondary N) is 1. The van der Waals surface area contributed by atoms with Gasteiger partial charge in [-0.1, -0.05) is 12.1 Å². The number of oxazole rings is 1. The molecule has 8 nitrogen and oxygen atoms in total. The molecule has 208 valence electrons. The molecule has 10 heteroatoms. The number of carboxylic acids is 1. The summed E-state index contributed by atoms with van der Waals surface area (Å²) < 4.78 is 40.8. The zero-order valence-electron chi connectivity index (χ0n) is 22.1. The molecule has 1 saturated heterocycles. The fourth-order valence-corrected chi connectivity index (χ4v) is 5.70. The largest absolute Gasteiger partial charge is 0.481 e. The molecule has 2 fully saturated rings. The molecule has 0 bridgehead atoms. The van der Waals surface area contributed by atoms with Gasteiger partial charge in [-0.05, 0) is 76.1 Å². The van der Waals surface area contributed by atoms with Crippen molar-refractivity contribution < 1.29 is 32.6 Å². The van der Waals surface area contributed by atoms with Gasteiger partial charge in [0.2, 0.25) is 5.91 Å². The summed E-state index contributed by atoms with van der Waals surface area (Å²) in [5.41, 5.74) is 1.67. The number of aryl methyl sites for hydroxylation is 1. The smallest absolute Gasteiger partial charge is 0.306 e. The Morgan fingerprint density at radius 2 is 1.90 bits per heavy atom. The molecular formula is C29H33F2N3O5. The van der Waals surface area contributed by atoms with Gasteiger partial charge in [0.05, 0.1) is 31.1 Å². The average molecular weight is 542 g/mol. The number of carbonyl (C=O) groups excluding carboxylic acids is 1. The van der Waals surface area contributed by atoms with Crippen molar-refractivity contribution in [1.29, 1.82) is 0 Å². The van der Waals surface area contributed by atoms with Crippen LogP contribution in [0.5, 0.6) is 0 Å². The number of benzene rings is 2. The quantitative estimate of drug-likeness (QED) is 0.375. The molecule has 2 aliphatic rings. The van der Waals surface area contributed by atoms with Gasteiger partial charge in [0.15, 0.2) is 11.4 Å². The number of fused-ring (bicyclic) bond motifs is 1. The molecule has 2 N–H and O–H groups in total. The van der Waals surface area contributed by atoms with Crippen molar-refractivity contribution in [2.45, 2.75) is 77.0 Å². The number of amides is 1. The second kappa shape index (κ2) is 11.3. The van der Waals surface area contributed by atoms with E-state index in [9.17, 15) is 19.1 Å². The lowest BCUT2D eigenvalue weighted by molar-refractivity contribution is -0.144. The van der Waals surface area contributed by atoms with E-state index in [2.05, 4.69) is 10.3 Å². The summed E-state index contributed by atoms with van der Waals surface area (Å²) in [4.78, 5) is 30.6. The number of halogens is 2. The number of likely N-dealkylation sites (tertiary alicyclic amines) is 1. The minimum atomic E-state index is -0.750. The van der Waals surface area contributed by atoms with E-state index in [4.69, 9.17) is 9.15 Å². The van der Waals surface area contributed by atoms with E-state index in [0.29, 0.717) is 43.5 Å². The first-order valence-corrected chi connectivity index (χ1v) is 13.5. The van der Waals surface area contributed by atoms with E-state index in [0.717, 1.165) is 18.4 Å². The standard InChI is InChI=1S/C29H33F2N3O5/c1-16-3-8-20(30)14-24(16)33-29-32-23-12-7-19(26(31)27(23)39-29)13-25(35)34-17(2)4-9-21(34)15-38-22-10-5-18(6-11-22)28(36)37/h3,7-8,12,14,17-18,21-22H,4-6,9-11,13,15H2,1-2H3,(H,32,33)(H,36,37)/t17-,18?,21+,22?/m1/s1. The van der Waals surface area contributed by atoms with Crippen LogP contribution < -0.4 is 5.32 Å². The molecule has 1 aromatic heterocycles. The molecule has 2 atom stereocenters. The molecular weight excluding hydrogens is 508 g/mol. The van der Waals surface area contributed by atoms with Crippen LogP contribution in [0.25, 0.3) is 11.1 Å². The lowest BCUT2D eigenvalue weighted by atomic mass is 9.87. The van der Waals surface area contributed by atoms with Crippen molar-refractivity contribution in [3.05, 3.63) is 53.1 Å². The number of aliphatic carboxylic acids is 1. The van der Waals surface area contributed by atoms with Gasteiger partial charge in [-0.2, -0.15) is 4.98 Å². The Bertz CT molecular complexity index is 1370. The van der Waals surface area contributed by atoms with Crippen LogP contribution in [0.4, 0.5) is 20.5 Å². The maximum Gasteiger partial charge on any atom is 0.306 e. The van der Waals surface area contributed by atoms with Crippen molar-refractivity contribution in [2.75, 3.05) is 11.9 Å². The Labute approximate surface area is 225 Å². The van der Waals surface area contributed by atoms with E-state index in [1.165, 1.54) is 12.1 Å². The minimum absolute atomic E-state index is 0.00117. The van der Waals surface area contributed by atoms with E-state index >= 15 is 4.39 Å². The van der Waals surface area contributed by atoms with Gasteiger partial charge in [-0.15, -0.1) is 0 Å². The van der Waals surface area contributed by atoms with Crippen molar-refractivity contribution in [3.63, 3.8) is 0 Å². The number of rotatable bonds is 8. The molecule has 1 saturated carbocycles. The Balaban J connectivity index is 1.24. The highest BCUT2D eigenvalue weighted by Gasteiger charge is 2.36. The van der Waals surface area contributed by atoms with Gasteiger partial charge in [0.1, 0.15) is 11.3 Å². The van der Waals surface area contributed by atoms with Crippen molar-refractivity contribution in [2.24, 2.45) is 5.92 Å². The molecule has 5 rings (SSSR count). The maximum atomic E-state index is 15.4. The van der Waals surface area contributed by atoms with Crippen molar-refractivity contribution in [3.8, 4) is 0 Å². The van der Waals surface area contributed by atoms with Crippen LogP contribution in [0.1, 0.15) is 56.6 Å². The normalized spacial score (nSPS) is 23.3. The monoisotopic (exact) mass is 541 g/mol. The summed E-state index contributed by atoms with van der Waals surface area (Å²) in [6, 6.07) is 7.36. The van der Waals surface area contributed by atoms with Crippen LogP contribution in [0.3, 0.4) is 0 Å². The predicted octanol–water partition coefficient (Wildman–Crippen LogP) is 5.74. The number of carbonyl (C=O) groups is 2. The Kier molecular flexibility index (Phi) is 7.83. The topological polar surface area (TPSA) is 105 Å². The number of hydrogen-bond acceptors (Lipinski definition) is 6. The highest BCUT2D eigenvalue weighted by molar-refractivity contribution is 5.83. The average Bonchev–Trinajstić information content (AvgIpc) is 3.50. The van der Waals surface area contributed by atoms with Gasteiger partial charge in [-0.25, -0.2) is 8.78 Å². The summed E-state index contributed by atoms with van der Waals surface area (Å²) in [5, 5.41) is 12.1. The molecule has 3 aromatic rings. The summed E-state index contributed by atoms with van der Waals surface area (Å²) in [7, 11) is 0. The van der Waals surface area contributed by atoms with Crippen LogP contribution in [-0.2, 0) is 20.7 Å². The Morgan fingerprint density at radius 3 is 2.64 bits per heavy atom. The molecule has 0 radical (unpaired) electrons. The maximum absolute atomic E-state index is 15.4. The molecule has 1 aliphatic carbocycles. The number of nitrogens with zero attached hydrogens (tertiary/aromatic N) is 2. The van der Waals surface area contributed by atoms with Gasteiger partial charge in [-0.3, -0.25) is 9.59 Å². The van der Waals surface area contributed by atoms with E-state index in [1.54, 1.807) is 30.0 Å². The lowest BCUT2D eigenvalue weighted by Gasteiger charge is -2.31. The van der Waals surface area contributed by atoms with E-state index in [1.807, 2.05) is 6.92 Å². The first-order valence-electron chi connectivity index (χ1n) is 13.5. The third kappa shape index (κ3) is 5.90. The SMILES string of the molecule is Cc1ccc(F)cc1Nc1nc2ccc(CC(=O)N3[C@H](COC4CCC(C(=O)O)CC4)CC[C@H]3C)c(F)c2o1. The van der Waals surface area contributed by atoms with Crippen LogP contribution in [-0.4, -0.2) is 51.7 Å². The van der Waals surface area contributed by atoms with Crippen molar-refractivity contribution in [1.82, 2.24) is 9.88 Å². The van der Waals surface area contributed by atoms with Gasteiger partial charge < -0.3 is 24.5 Å². The first-order chi connectivity index (χ1) is 18.7. The summed E-state index contributed by atoms with van der Waals surface area (Å²) >= 11 is 0. The lowest BCUT2D eigenvalue weighted by Crippen LogP contribution is -2.43. The molecule has 0 unspecified atom stereocenters. The third-order valence-electron chi connectivity index (χ3n) is 7.98. The summed E-state index contributed by atoms with van der Waals surface area (Å²) in [6.07, 6.45) is 4.12. The van der Waals surface area contributed by atoms with Crippen LogP contribution in [0.15, 0.2) is 34.7 Å².